The maximum atomic E-state index is 12.2. The first-order chi connectivity index (χ1) is 11.1. The van der Waals surface area contributed by atoms with Crippen LogP contribution in [0.3, 0.4) is 0 Å². The van der Waals surface area contributed by atoms with Gasteiger partial charge in [-0.3, -0.25) is 9.59 Å². The Morgan fingerprint density at radius 2 is 2.13 bits per heavy atom. The maximum absolute atomic E-state index is 12.2. The van der Waals surface area contributed by atoms with Gasteiger partial charge in [0.1, 0.15) is 0 Å². The van der Waals surface area contributed by atoms with E-state index in [9.17, 15) is 9.59 Å². The summed E-state index contributed by atoms with van der Waals surface area (Å²) in [4.78, 5) is 40.5. The number of amides is 1. The molecule has 3 rings (SSSR count). The van der Waals surface area contributed by atoms with Gasteiger partial charge < -0.3 is 20.9 Å². The van der Waals surface area contributed by atoms with E-state index in [0.29, 0.717) is 12.4 Å². The van der Waals surface area contributed by atoms with Crippen LogP contribution in [0.2, 0.25) is 0 Å². The number of aromatic nitrogens is 4. The number of carbonyl (C=O) groups excluding carboxylic acids is 1. The van der Waals surface area contributed by atoms with Crippen molar-refractivity contribution < 1.29 is 4.79 Å². The highest BCUT2D eigenvalue weighted by Crippen LogP contribution is 2.15. The lowest BCUT2D eigenvalue weighted by molar-refractivity contribution is 0.0928. The lowest BCUT2D eigenvalue weighted by Crippen LogP contribution is -2.49. The van der Waals surface area contributed by atoms with Crippen molar-refractivity contribution in [3.05, 3.63) is 40.8 Å². The molecular weight excluding hydrogens is 298 g/mol. The Balaban J connectivity index is 1.70. The minimum absolute atomic E-state index is 0.0961. The van der Waals surface area contributed by atoms with Gasteiger partial charge >= 0.3 is 0 Å². The minimum atomic E-state index is -0.364. The molecule has 1 atom stereocenters. The Labute approximate surface area is 132 Å². The Morgan fingerprint density at radius 3 is 2.91 bits per heavy atom. The topological polar surface area (TPSA) is 130 Å². The number of H-pyrrole nitrogens is 1. The maximum Gasteiger partial charge on any atom is 0.290 e. The van der Waals surface area contributed by atoms with Gasteiger partial charge in [0, 0.05) is 43.9 Å². The largest absolute Gasteiger partial charge is 0.382 e. The van der Waals surface area contributed by atoms with Crippen molar-refractivity contribution in [2.24, 2.45) is 0 Å². The number of nitrogens with one attached hydrogen (secondary N) is 2. The Morgan fingerprint density at radius 1 is 1.30 bits per heavy atom. The van der Waals surface area contributed by atoms with Gasteiger partial charge in [-0.15, -0.1) is 0 Å². The molecule has 1 aliphatic rings. The van der Waals surface area contributed by atoms with Gasteiger partial charge in [-0.25, -0.2) is 15.0 Å². The highest BCUT2D eigenvalue weighted by molar-refractivity contribution is 5.96. The van der Waals surface area contributed by atoms with Crippen LogP contribution < -0.4 is 21.5 Å². The molecule has 23 heavy (non-hydrogen) atoms. The molecule has 1 saturated heterocycles. The number of carbonyl (C=O) groups is 1. The summed E-state index contributed by atoms with van der Waals surface area (Å²) in [5.41, 5.74) is 5.54. The van der Waals surface area contributed by atoms with Crippen molar-refractivity contribution in [3.63, 3.8) is 0 Å². The fourth-order valence-corrected chi connectivity index (χ4v) is 2.63. The molecule has 1 amide bonds. The summed E-state index contributed by atoms with van der Waals surface area (Å²) in [6.45, 7) is 1.23. The van der Waals surface area contributed by atoms with Gasteiger partial charge in [-0.1, -0.05) is 0 Å². The van der Waals surface area contributed by atoms with E-state index in [1.165, 1.54) is 18.6 Å². The molecule has 9 nitrogen and oxygen atoms in total. The third-order valence-corrected chi connectivity index (χ3v) is 3.69. The lowest BCUT2D eigenvalue weighted by Gasteiger charge is -2.33. The fraction of sp³-hybridized carbons (Fsp3) is 0.357. The zero-order chi connectivity index (χ0) is 16.2. The smallest absolute Gasteiger partial charge is 0.290 e. The predicted octanol–water partition coefficient (Wildman–Crippen LogP) is -0.459. The van der Waals surface area contributed by atoms with E-state index in [4.69, 9.17) is 5.73 Å². The molecule has 0 bridgehead atoms. The van der Waals surface area contributed by atoms with Gasteiger partial charge in [0.2, 0.25) is 0 Å². The van der Waals surface area contributed by atoms with Crippen LogP contribution in [-0.2, 0) is 0 Å². The number of anilines is 2. The van der Waals surface area contributed by atoms with Gasteiger partial charge in [0.15, 0.2) is 17.3 Å². The van der Waals surface area contributed by atoms with Gasteiger partial charge in [0.05, 0.1) is 0 Å². The summed E-state index contributed by atoms with van der Waals surface area (Å²) < 4.78 is 0. The van der Waals surface area contributed by atoms with Crippen molar-refractivity contribution in [3.8, 4) is 0 Å². The molecule has 2 aromatic heterocycles. The summed E-state index contributed by atoms with van der Waals surface area (Å²) in [5, 5.41) is 2.89. The van der Waals surface area contributed by atoms with Crippen molar-refractivity contribution in [1.82, 2.24) is 25.3 Å². The SMILES string of the molecule is Nc1nccnc1C(=O)N[C@@H]1CCCN(c2ncc[nH]c2=O)C1. The van der Waals surface area contributed by atoms with Crippen molar-refractivity contribution in [1.29, 1.82) is 0 Å². The van der Waals surface area contributed by atoms with Crippen LogP contribution in [0.15, 0.2) is 29.6 Å². The van der Waals surface area contributed by atoms with E-state index >= 15 is 0 Å². The second-order valence-electron chi connectivity index (χ2n) is 5.29. The molecule has 0 aliphatic carbocycles. The van der Waals surface area contributed by atoms with E-state index in [-0.39, 0.29) is 29.0 Å². The normalized spacial score (nSPS) is 17.7. The van der Waals surface area contributed by atoms with Crippen molar-refractivity contribution in [2.45, 2.75) is 18.9 Å². The molecule has 2 aromatic rings. The summed E-state index contributed by atoms with van der Waals surface area (Å²) >= 11 is 0. The number of hydrogen-bond donors (Lipinski definition) is 3. The Kier molecular flexibility index (Phi) is 4.18. The number of aromatic amines is 1. The standard InChI is InChI=1S/C14H17N7O2/c15-11-10(16-3-4-17-11)13(22)20-9-2-1-7-21(8-9)12-14(23)19-6-5-18-12/h3-6,9H,1-2,7-8H2,(H2,15,17)(H,19,23)(H,20,22)/t9-/m1/s1. The van der Waals surface area contributed by atoms with Crippen LogP contribution in [0.4, 0.5) is 11.6 Å². The average Bonchev–Trinajstić information content (AvgIpc) is 2.56. The number of rotatable bonds is 3. The molecule has 1 fully saturated rings. The van der Waals surface area contributed by atoms with Crippen molar-refractivity contribution in [2.75, 3.05) is 23.7 Å². The van der Waals surface area contributed by atoms with Crippen LogP contribution in [0.5, 0.6) is 0 Å². The first-order valence-electron chi connectivity index (χ1n) is 7.31. The van der Waals surface area contributed by atoms with Crippen LogP contribution in [0, 0.1) is 0 Å². The molecule has 4 N–H and O–H groups in total. The van der Waals surface area contributed by atoms with Gasteiger partial charge in [0.25, 0.3) is 11.5 Å². The number of nitrogens with two attached hydrogens (primary N) is 1. The van der Waals surface area contributed by atoms with Crippen LogP contribution >= 0.6 is 0 Å². The van der Waals surface area contributed by atoms with Crippen LogP contribution in [0.1, 0.15) is 23.3 Å². The van der Waals surface area contributed by atoms with Crippen LogP contribution in [0.25, 0.3) is 0 Å². The van der Waals surface area contributed by atoms with E-state index in [1.54, 1.807) is 6.20 Å². The van der Waals surface area contributed by atoms with E-state index in [1.807, 2.05) is 4.90 Å². The number of piperidine rings is 1. The molecule has 0 radical (unpaired) electrons. The molecule has 0 spiro atoms. The first kappa shape index (κ1) is 14.9. The zero-order valence-electron chi connectivity index (χ0n) is 12.4. The molecule has 1 aliphatic heterocycles. The molecule has 0 unspecified atom stereocenters. The highest BCUT2D eigenvalue weighted by Gasteiger charge is 2.25. The van der Waals surface area contributed by atoms with E-state index in [0.717, 1.165) is 19.4 Å². The second kappa shape index (κ2) is 6.42. The minimum Gasteiger partial charge on any atom is -0.382 e. The quantitative estimate of drug-likeness (QED) is 0.698. The van der Waals surface area contributed by atoms with E-state index in [2.05, 4.69) is 25.3 Å². The van der Waals surface area contributed by atoms with E-state index < -0.39 is 0 Å². The van der Waals surface area contributed by atoms with Gasteiger partial charge in [-0.2, -0.15) is 0 Å². The second-order valence-corrected chi connectivity index (χ2v) is 5.29. The van der Waals surface area contributed by atoms with Crippen LogP contribution in [-0.4, -0.2) is 45.0 Å². The molecular formula is C14H17N7O2. The summed E-state index contributed by atoms with van der Waals surface area (Å²) in [6.07, 6.45) is 7.54. The molecule has 3 heterocycles. The molecule has 120 valence electrons. The third-order valence-electron chi connectivity index (χ3n) is 3.69. The average molecular weight is 315 g/mol. The zero-order valence-corrected chi connectivity index (χ0v) is 12.4. The summed E-state index contributed by atoms with van der Waals surface area (Å²) in [7, 11) is 0. The number of hydrogen-bond acceptors (Lipinski definition) is 7. The highest BCUT2D eigenvalue weighted by atomic mass is 16.2. The molecule has 0 aromatic carbocycles. The number of nitrogen functional groups attached to an aromatic ring is 1. The molecule has 9 heteroatoms. The Hall–Kier alpha value is -2.97. The fourth-order valence-electron chi connectivity index (χ4n) is 2.63. The predicted molar refractivity (Wildman–Crippen MR) is 84.0 cm³/mol. The van der Waals surface area contributed by atoms with Crippen molar-refractivity contribution >= 4 is 17.5 Å². The molecule has 0 saturated carbocycles. The van der Waals surface area contributed by atoms with Gasteiger partial charge in [-0.05, 0) is 12.8 Å². The summed E-state index contributed by atoms with van der Waals surface area (Å²) in [6, 6.07) is -0.112. The lowest BCUT2D eigenvalue weighted by atomic mass is 10.1. The summed E-state index contributed by atoms with van der Waals surface area (Å²) in [5.74, 6) is 0.0988. The third kappa shape index (κ3) is 3.28. The Bertz CT molecular complexity index is 761. The number of nitrogens with zero attached hydrogens (tertiary/aromatic N) is 4. The first-order valence-corrected chi connectivity index (χ1v) is 7.31. The monoisotopic (exact) mass is 315 g/mol.